The standard InChI is InChI=1S/C20H22BrN3S/c21-16-5-3-4-15(14-16)8-11-22-19-20(9-12-25-13-10-20)24-18-7-2-1-6-17(18)23-19/h1-7,14,24H,8-13H2,(H,22,23). The van der Waals surface area contributed by atoms with E-state index in [9.17, 15) is 0 Å². The van der Waals surface area contributed by atoms with Crippen LogP contribution in [0.3, 0.4) is 0 Å². The molecule has 2 aromatic carbocycles. The van der Waals surface area contributed by atoms with E-state index in [1.165, 1.54) is 22.8 Å². The third-order valence-electron chi connectivity index (χ3n) is 4.91. The minimum Gasteiger partial charge on any atom is -0.371 e. The van der Waals surface area contributed by atoms with Crippen LogP contribution in [0, 0.1) is 0 Å². The van der Waals surface area contributed by atoms with Gasteiger partial charge in [0.1, 0.15) is 5.84 Å². The number of para-hydroxylation sites is 2. The van der Waals surface area contributed by atoms with Gasteiger partial charge in [-0.15, -0.1) is 0 Å². The van der Waals surface area contributed by atoms with Crippen molar-refractivity contribution in [3.05, 3.63) is 58.6 Å². The van der Waals surface area contributed by atoms with Crippen LogP contribution >= 0.6 is 27.7 Å². The molecular weight excluding hydrogens is 394 g/mol. The number of nitrogens with one attached hydrogen (secondary N) is 2. The number of hydrogen-bond donors (Lipinski definition) is 2. The van der Waals surface area contributed by atoms with E-state index in [-0.39, 0.29) is 5.54 Å². The van der Waals surface area contributed by atoms with E-state index in [1.807, 2.05) is 11.8 Å². The fraction of sp³-hybridized carbons (Fsp3) is 0.350. The molecule has 130 valence electrons. The Labute approximate surface area is 161 Å². The average molecular weight is 416 g/mol. The molecule has 0 saturated carbocycles. The summed E-state index contributed by atoms with van der Waals surface area (Å²) in [7, 11) is 0. The van der Waals surface area contributed by atoms with E-state index in [1.54, 1.807) is 0 Å². The first-order valence-electron chi connectivity index (χ1n) is 8.77. The zero-order chi connectivity index (χ0) is 17.1. The summed E-state index contributed by atoms with van der Waals surface area (Å²) in [5, 5.41) is 7.43. The van der Waals surface area contributed by atoms with Crippen LogP contribution in [0.25, 0.3) is 0 Å². The summed E-state index contributed by atoms with van der Waals surface area (Å²) in [6, 6.07) is 16.9. The van der Waals surface area contributed by atoms with Crippen LogP contribution < -0.4 is 10.6 Å². The van der Waals surface area contributed by atoms with Gasteiger partial charge >= 0.3 is 0 Å². The molecule has 1 spiro atoms. The normalized spacial score (nSPS) is 20.0. The van der Waals surface area contributed by atoms with E-state index in [0.29, 0.717) is 0 Å². The molecule has 2 N–H and O–H groups in total. The fourth-order valence-corrected chi connectivity index (χ4v) is 5.16. The largest absolute Gasteiger partial charge is 0.371 e. The Morgan fingerprint density at radius 3 is 2.64 bits per heavy atom. The first-order chi connectivity index (χ1) is 12.3. The molecular formula is C20H22BrN3S. The van der Waals surface area contributed by atoms with Crippen LogP contribution in [0.5, 0.6) is 0 Å². The van der Waals surface area contributed by atoms with Crippen molar-refractivity contribution in [2.75, 3.05) is 28.7 Å². The molecule has 2 aromatic rings. The second-order valence-corrected chi connectivity index (χ2v) is 8.74. The summed E-state index contributed by atoms with van der Waals surface area (Å²) in [6.07, 6.45) is 3.19. The molecule has 0 aliphatic carbocycles. The van der Waals surface area contributed by atoms with Crippen molar-refractivity contribution in [1.29, 1.82) is 0 Å². The number of benzene rings is 2. The van der Waals surface area contributed by atoms with E-state index in [4.69, 9.17) is 4.99 Å². The minimum atomic E-state index is -0.0309. The first-order valence-corrected chi connectivity index (χ1v) is 10.7. The summed E-state index contributed by atoms with van der Waals surface area (Å²) in [5.74, 6) is 3.48. The second kappa shape index (κ2) is 7.42. The molecule has 0 unspecified atom stereocenters. The van der Waals surface area contributed by atoms with Gasteiger partial charge in [-0.25, -0.2) is 0 Å². The predicted octanol–water partition coefficient (Wildman–Crippen LogP) is 5.19. The van der Waals surface area contributed by atoms with Crippen LogP contribution in [0.15, 0.2) is 58.0 Å². The SMILES string of the molecule is Brc1cccc(CCN=C2Nc3ccccc3NC23CCSCC3)c1. The average Bonchev–Trinajstić information content (AvgIpc) is 2.63. The van der Waals surface area contributed by atoms with Crippen molar-refractivity contribution in [3.63, 3.8) is 0 Å². The molecule has 0 atom stereocenters. The fourth-order valence-electron chi connectivity index (χ4n) is 3.53. The Morgan fingerprint density at radius 2 is 1.84 bits per heavy atom. The van der Waals surface area contributed by atoms with Crippen molar-refractivity contribution in [3.8, 4) is 0 Å². The Morgan fingerprint density at radius 1 is 1.04 bits per heavy atom. The molecule has 4 rings (SSSR count). The molecule has 2 aliphatic rings. The van der Waals surface area contributed by atoms with E-state index in [2.05, 4.69) is 75.1 Å². The maximum absolute atomic E-state index is 5.00. The Balaban J connectivity index is 1.56. The molecule has 1 fully saturated rings. The number of rotatable bonds is 3. The molecule has 0 bridgehead atoms. The number of fused-ring (bicyclic) bond motifs is 1. The first kappa shape index (κ1) is 17.0. The quantitative estimate of drug-likeness (QED) is 0.723. The van der Waals surface area contributed by atoms with Gasteiger partial charge < -0.3 is 10.6 Å². The number of amidine groups is 1. The smallest absolute Gasteiger partial charge is 0.127 e. The third-order valence-corrected chi connectivity index (χ3v) is 6.39. The number of halogens is 1. The van der Waals surface area contributed by atoms with E-state index < -0.39 is 0 Å². The zero-order valence-corrected chi connectivity index (χ0v) is 16.5. The highest BCUT2D eigenvalue weighted by Gasteiger charge is 2.40. The predicted molar refractivity (Wildman–Crippen MR) is 113 cm³/mol. The Bertz CT molecular complexity index is 784. The number of aliphatic imine (C=N–C) groups is 1. The van der Waals surface area contributed by atoms with Crippen molar-refractivity contribution in [2.24, 2.45) is 4.99 Å². The highest BCUT2D eigenvalue weighted by molar-refractivity contribution is 9.10. The topological polar surface area (TPSA) is 36.4 Å². The molecule has 1 saturated heterocycles. The van der Waals surface area contributed by atoms with Gasteiger partial charge in [-0.2, -0.15) is 11.8 Å². The van der Waals surface area contributed by atoms with Gasteiger partial charge in [0, 0.05) is 11.0 Å². The molecule has 25 heavy (non-hydrogen) atoms. The number of nitrogens with zero attached hydrogens (tertiary/aromatic N) is 1. The van der Waals surface area contributed by atoms with Crippen LogP contribution in [-0.4, -0.2) is 29.4 Å². The van der Waals surface area contributed by atoms with Gasteiger partial charge in [-0.1, -0.05) is 40.2 Å². The van der Waals surface area contributed by atoms with Gasteiger partial charge in [-0.3, -0.25) is 4.99 Å². The van der Waals surface area contributed by atoms with Gasteiger partial charge in [-0.05, 0) is 60.6 Å². The molecule has 0 aromatic heterocycles. The summed E-state index contributed by atoms with van der Waals surface area (Å²) in [4.78, 5) is 5.00. The lowest BCUT2D eigenvalue weighted by Crippen LogP contribution is -2.54. The van der Waals surface area contributed by atoms with Crippen LogP contribution in [0.2, 0.25) is 0 Å². The van der Waals surface area contributed by atoms with Crippen LogP contribution in [-0.2, 0) is 6.42 Å². The Hall–Kier alpha value is -1.46. The summed E-state index contributed by atoms with van der Waals surface area (Å²) >= 11 is 5.59. The molecule has 5 heteroatoms. The van der Waals surface area contributed by atoms with Gasteiger partial charge in [0.15, 0.2) is 0 Å². The van der Waals surface area contributed by atoms with E-state index in [0.717, 1.165) is 41.8 Å². The lowest BCUT2D eigenvalue weighted by Gasteiger charge is -2.43. The number of thioether (sulfide) groups is 1. The minimum absolute atomic E-state index is 0.0309. The Kier molecular flexibility index (Phi) is 5.04. The van der Waals surface area contributed by atoms with Crippen molar-refractivity contribution in [2.45, 2.75) is 24.8 Å². The number of hydrogen-bond acceptors (Lipinski definition) is 3. The molecule has 0 amide bonds. The lowest BCUT2D eigenvalue weighted by atomic mass is 9.87. The molecule has 2 aliphatic heterocycles. The van der Waals surface area contributed by atoms with Gasteiger partial charge in [0.2, 0.25) is 0 Å². The van der Waals surface area contributed by atoms with Crippen molar-refractivity contribution in [1.82, 2.24) is 0 Å². The maximum Gasteiger partial charge on any atom is 0.127 e. The lowest BCUT2D eigenvalue weighted by molar-refractivity contribution is 0.560. The summed E-state index contributed by atoms with van der Waals surface area (Å²) in [6.45, 7) is 0.803. The van der Waals surface area contributed by atoms with E-state index >= 15 is 0 Å². The van der Waals surface area contributed by atoms with Gasteiger partial charge in [0.25, 0.3) is 0 Å². The third kappa shape index (κ3) is 3.72. The monoisotopic (exact) mass is 415 g/mol. The highest BCUT2D eigenvalue weighted by atomic mass is 79.9. The maximum atomic E-state index is 5.00. The van der Waals surface area contributed by atoms with Crippen LogP contribution in [0.4, 0.5) is 11.4 Å². The molecule has 3 nitrogen and oxygen atoms in total. The van der Waals surface area contributed by atoms with Crippen molar-refractivity contribution < 1.29 is 0 Å². The molecule has 0 radical (unpaired) electrons. The number of anilines is 2. The van der Waals surface area contributed by atoms with Gasteiger partial charge in [0.05, 0.1) is 16.9 Å². The van der Waals surface area contributed by atoms with Crippen LogP contribution in [0.1, 0.15) is 18.4 Å². The zero-order valence-electron chi connectivity index (χ0n) is 14.1. The molecule has 2 heterocycles. The summed E-state index contributed by atoms with van der Waals surface area (Å²) in [5.41, 5.74) is 3.61. The highest BCUT2D eigenvalue weighted by Crippen LogP contribution is 2.38. The van der Waals surface area contributed by atoms with Crippen molar-refractivity contribution >= 4 is 44.9 Å². The second-order valence-electron chi connectivity index (χ2n) is 6.60. The summed E-state index contributed by atoms with van der Waals surface area (Å²) < 4.78 is 1.13.